The molecule has 0 saturated carbocycles. The summed E-state index contributed by atoms with van der Waals surface area (Å²) in [5.74, 6) is -0.457. The van der Waals surface area contributed by atoms with Crippen LogP contribution in [0, 0.1) is 6.92 Å². The number of aromatic nitrogens is 2. The summed E-state index contributed by atoms with van der Waals surface area (Å²) in [5, 5.41) is 22.0. The van der Waals surface area contributed by atoms with E-state index in [2.05, 4.69) is 22.1 Å². The Kier molecular flexibility index (Phi) is 3.75. The predicted molar refractivity (Wildman–Crippen MR) is 74.1 cm³/mol. The molecule has 5 nitrogen and oxygen atoms in total. The van der Waals surface area contributed by atoms with Crippen LogP contribution >= 0.6 is 0 Å². The van der Waals surface area contributed by atoms with Crippen LogP contribution < -0.4 is 5.32 Å². The number of nitrogens with zero attached hydrogens (tertiary/aromatic N) is 2. The van der Waals surface area contributed by atoms with Gasteiger partial charge in [-0.1, -0.05) is 30.3 Å². The summed E-state index contributed by atoms with van der Waals surface area (Å²) in [6.07, 6.45) is 1.88. The highest BCUT2D eigenvalue weighted by Crippen LogP contribution is 2.23. The molecule has 0 radical (unpaired) electrons. The number of carbonyl (C=O) groups is 1. The van der Waals surface area contributed by atoms with Gasteiger partial charge < -0.3 is 10.4 Å². The van der Waals surface area contributed by atoms with Gasteiger partial charge in [0.05, 0.1) is 5.69 Å². The van der Waals surface area contributed by atoms with E-state index in [9.17, 15) is 4.79 Å². The third kappa shape index (κ3) is 2.70. The van der Waals surface area contributed by atoms with Gasteiger partial charge in [-0.3, -0.25) is 0 Å². The van der Waals surface area contributed by atoms with Gasteiger partial charge in [-0.25, -0.2) is 4.79 Å². The standard InChI is InChI=1S/C14H15N3O2/c1-3-6-12(14(18)19)15-13-11-8-5-4-7-10(11)9(2)16-17-13/h3-5,7-8,12H,1,6H2,2H3,(H,15,17)(H,18,19). The van der Waals surface area contributed by atoms with E-state index in [0.29, 0.717) is 12.2 Å². The molecule has 0 bridgehead atoms. The zero-order valence-corrected chi connectivity index (χ0v) is 10.6. The molecule has 0 amide bonds. The SMILES string of the molecule is C=CCC(Nc1nnc(C)c2ccccc12)C(=O)O. The van der Waals surface area contributed by atoms with Gasteiger partial charge in [0.25, 0.3) is 0 Å². The summed E-state index contributed by atoms with van der Waals surface area (Å²) < 4.78 is 0. The maximum Gasteiger partial charge on any atom is 0.326 e. The van der Waals surface area contributed by atoms with E-state index in [1.165, 1.54) is 0 Å². The van der Waals surface area contributed by atoms with Crippen molar-refractivity contribution in [3.8, 4) is 0 Å². The number of carboxylic acids is 1. The second-order valence-corrected chi connectivity index (χ2v) is 4.24. The van der Waals surface area contributed by atoms with Crippen molar-refractivity contribution >= 4 is 22.6 Å². The molecule has 5 heteroatoms. The molecule has 0 spiro atoms. The van der Waals surface area contributed by atoms with Crippen molar-refractivity contribution in [2.45, 2.75) is 19.4 Å². The van der Waals surface area contributed by atoms with E-state index < -0.39 is 12.0 Å². The summed E-state index contributed by atoms with van der Waals surface area (Å²) in [4.78, 5) is 11.1. The number of hydrogen-bond donors (Lipinski definition) is 2. The van der Waals surface area contributed by atoms with Crippen molar-refractivity contribution in [1.29, 1.82) is 0 Å². The van der Waals surface area contributed by atoms with Gasteiger partial charge in [0.1, 0.15) is 6.04 Å². The van der Waals surface area contributed by atoms with Crippen LogP contribution in [0.3, 0.4) is 0 Å². The molecule has 2 rings (SSSR count). The van der Waals surface area contributed by atoms with Gasteiger partial charge in [-0.15, -0.1) is 11.7 Å². The van der Waals surface area contributed by atoms with Crippen LogP contribution in [0.4, 0.5) is 5.82 Å². The largest absolute Gasteiger partial charge is 0.480 e. The Morgan fingerprint density at radius 3 is 2.74 bits per heavy atom. The fourth-order valence-corrected chi connectivity index (χ4v) is 1.90. The Bertz CT molecular complexity index is 625. The smallest absolute Gasteiger partial charge is 0.326 e. The van der Waals surface area contributed by atoms with Crippen molar-refractivity contribution < 1.29 is 9.90 Å². The van der Waals surface area contributed by atoms with Crippen molar-refractivity contribution in [2.24, 2.45) is 0 Å². The van der Waals surface area contributed by atoms with Gasteiger partial charge in [0.15, 0.2) is 5.82 Å². The molecule has 1 unspecified atom stereocenters. The van der Waals surface area contributed by atoms with E-state index in [4.69, 9.17) is 5.11 Å². The molecule has 2 N–H and O–H groups in total. The van der Waals surface area contributed by atoms with Crippen LogP contribution in [0.15, 0.2) is 36.9 Å². The molecule has 1 atom stereocenters. The summed E-state index contributed by atoms with van der Waals surface area (Å²) in [7, 11) is 0. The Balaban J connectivity index is 2.42. The molecule has 1 aromatic heterocycles. The van der Waals surface area contributed by atoms with Crippen LogP contribution in [-0.2, 0) is 4.79 Å². The first kappa shape index (κ1) is 13.0. The first-order valence-electron chi connectivity index (χ1n) is 5.95. The van der Waals surface area contributed by atoms with Crippen LogP contribution in [0.1, 0.15) is 12.1 Å². The lowest BCUT2D eigenvalue weighted by molar-refractivity contribution is -0.137. The molecular formula is C14H15N3O2. The van der Waals surface area contributed by atoms with Gasteiger partial charge in [0, 0.05) is 10.8 Å². The summed E-state index contributed by atoms with van der Waals surface area (Å²) in [6, 6.07) is 6.88. The second kappa shape index (κ2) is 5.48. The monoisotopic (exact) mass is 257 g/mol. The number of anilines is 1. The number of benzene rings is 1. The van der Waals surface area contributed by atoms with E-state index in [1.807, 2.05) is 31.2 Å². The van der Waals surface area contributed by atoms with E-state index in [-0.39, 0.29) is 0 Å². The molecule has 0 aliphatic heterocycles. The maximum absolute atomic E-state index is 11.1. The number of rotatable bonds is 5. The predicted octanol–water partition coefficient (Wildman–Crippen LogP) is 2.38. The van der Waals surface area contributed by atoms with Crippen LogP contribution in [-0.4, -0.2) is 27.3 Å². The van der Waals surface area contributed by atoms with Gasteiger partial charge >= 0.3 is 5.97 Å². The average Bonchev–Trinajstić information content (AvgIpc) is 2.41. The first-order valence-corrected chi connectivity index (χ1v) is 5.95. The van der Waals surface area contributed by atoms with Crippen LogP contribution in [0.25, 0.3) is 10.8 Å². The highest BCUT2D eigenvalue weighted by molar-refractivity contribution is 5.94. The van der Waals surface area contributed by atoms with Crippen molar-refractivity contribution in [2.75, 3.05) is 5.32 Å². The van der Waals surface area contributed by atoms with Crippen molar-refractivity contribution in [3.63, 3.8) is 0 Å². The number of carboxylic acid groups (broad SMARTS) is 1. The fourth-order valence-electron chi connectivity index (χ4n) is 1.90. The number of hydrogen-bond acceptors (Lipinski definition) is 4. The zero-order valence-electron chi connectivity index (χ0n) is 10.6. The van der Waals surface area contributed by atoms with Crippen molar-refractivity contribution in [1.82, 2.24) is 10.2 Å². The molecule has 19 heavy (non-hydrogen) atoms. The van der Waals surface area contributed by atoms with Crippen LogP contribution in [0.2, 0.25) is 0 Å². The number of aliphatic carboxylic acids is 1. The molecule has 0 aliphatic carbocycles. The zero-order chi connectivity index (χ0) is 13.8. The maximum atomic E-state index is 11.1. The molecule has 0 fully saturated rings. The van der Waals surface area contributed by atoms with Gasteiger partial charge in [-0.05, 0) is 13.3 Å². The second-order valence-electron chi connectivity index (χ2n) is 4.24. The Hall–Kier alpha value is -2.43. The Morgan fingerprint density at radius 2 is 2.11 bits per heavy atom. The number of nitrogens with one attached hydrogen (secondary N) is 1. The minimum absolute atomic E-state index is 0.319. The lowest BCUT2D eigenvalue weighted by Crippen LogP contribution is -2.29. The third-order valence-electron chi connectivity index (χ3n) is 2.88. The number of aryl methyl sites for hydroxylation is 1. The third-order valence-corrected chi connectivity index (χ3v) is 2.88. The number of fused-ring (bicyclic) bond motifs is 1. The lowest BCUT2D eigenvalue weighted by atomic mass is 10.1. The minimum atomic E-state index is -0.939. The van der Waals surface area contributed by atoms with E-state index in [1.54, 1.807) is 6.08 Å². The topological polar surface area (TPSA) is 75.1 Å². The molecule has 1 heterocycles. The lowest BCUT2D eigenvalue weighted by Gasteiger charge is -2.14. The molecule has 0 aliphatic rings. The molecule has 98 valence electrons. The highest BCUT2D eigenvalue weighted by atomic mass is 16.4. The Labute approximate surface area is 111 Å². The molecule has 1 aromatic carbocycles. The molecule has 0 saturated heterocycles. The summed E-state index contributed by atoms with van der Waals surface area (Å²) >= 11 is 0. The fraction of sp³-hybridized carbons (Fsp3) is 0.214. The summed E-state index contributed by atoms with van der Waals surface area (Å²) in [6.45, 7) is 5.43. The average molecular weight is 257 g/mol. The van der Waals surface area contributed by atoms with Crippen molar-refractivity contribution in [3.05, 3.63) is 42.6 Å². The molecule has 2 aromatic rings. The normalized spacial score (nSPS) is 12.1. The Morgan fingerprint density at radius 1 is 1.42 bits per heavy atom. The quantitative estimate of drug-likeness (QED) is 0.804. The summed E-state index contributed by atoms with van der Waals surface area (Å²) in [5.41, 5.74) is 0.816. The first-order chi connectivity index (χ1) is 9.13. The van der Waals surface area contributed by atoms with Gasteiger partial charge in [-0.2, -0.15) is 5.10 Å². The highest BCUT2D eigenvalue weighted by Gasteiger charge is 2.17. The van der Waals surface area contributed by atoms with Gasteiger partial charge in [0.2, 0.25) is 0 Å². The minimum Gasteiger partial charge on any atom is -0.480 e. The van der Waals surface area contributed by atoms with E-state index in [0.717, 1.165) is 16.5 Å². The van der Waals surface area contributed by atoms with E-state index >= 15 is 0 Å². The molecular weight excluding hydrogens is 242 g/mol. The van der Waals surface area contributed by atoms with Crippen LogP contribution in [0.5, 0.6) is 0 Å².